The maximum Gasteiger partial charge on any atom is 0.262 e. The Hall–Kier alpha value is -2.33. The zero-order valence-electron chi connectivity index (χ0n) is 16.4. The van der Waals surface area contributed by atoms with Gasteiger partial charge in [-0.15, -0.1) is 0 Å². The second kappa shape index (κ2) is 9.56. The first-order valence-corrected chi connectivity index (χ1v) is 9.90. The Bertz CT molecular complexity index is 754. The van der Waals surface area contributed by atoms with Crippen LogP contribution in [0.1, 0.15) is 43.2 Å². The van der Waals surface area contributed by atoms with Crippen molar-refractivity contribution >= 4 is 11.6 Å². The first kappa shape index (κ1) is 19.4. The highest BCUT2D eigenvalue weighted by molar-refractivity contribution is 5.92. The van der Waals surface area contributed by atoms with Crippen molar-refractivity contribution in [1.29, 1.82) is 0 Å². The quantitative estimate of drug-likeness (QED) is 0.767. The summed E-state index contributed by atoms with van der Waals surface area (Å²) in [4.78, 5) is 14.8. The fraction of sp³-hybridized carbons (Fsp3) is 0.435. The zero-order chi connectivity index (χ0) is 19.1. The molecule has 0 aromatic heterocycles. The molecule has 4 heteroatoms. The SMILES string of the molecule is Cc1ccccc1OCC(=O)Nc1ccccc1CN(C)C1CCCCC1. The van der Waals surface area contributed by atoms with E-state index in [9.17, 15) is 4.79 Å². The van der Waals surface area contributed by atoms with Gasteiger partial charge in [-0.3, -0.25) is 9.69 Å². The standard InChI is InChI=1S/C23H30N2O2/c1-18-10-6-9-15-22(18)27-17-23(26)24-21-14-8-7-11-19(21)16-25(2)20-12-4-3-5-13-20/h6-11,14-15,20H,3-5,12-13,16-17H2,1-2H3,(H,24,26). The summed E-state index contributed by atoms with van der Waals surface area (Å²) in [6.07, 6.45) is 6.55. The highest BCUT2D eigenvalue weighted by Crippen LogP contribution is 2.25. The van der Waals surface area contributed by atoms with Gasteiger partial charge in [0.1, 0.15) is 5.75 Å². The minimum Gasteiger partial charge on any atom is -0.483 e. The lowest BCUT2D eigenvalue weighted by Gasteiger charge is -2.31. The highest BCUT2D eigenvalue weighted by atomic mass is 16.5. The van der Waals surface area contributed by atoms with Crippen LogP contribution in [0.2, 0.25) is 0 Å². The number of nitrogens with one attached hydrogen (secondary N) is 1. The molecule has 1 saturated carbocycles. The van der Waals surface area contributed by atoms with Crippen molar-refractivity contribution in [1.82, 2.24) is 4.90 Å². The number of carbonyl (C=O) groups excluding carboxylic acids is 1. The van der Waals surface area contributed by atoms with E-state index in [0.717, 1.165) is 29.1 Å². The topological polar surface area (TPSA) is 41.6 Å². The molecule has 0 heterocycles. The molecule has 0 spiro atoms. The summed E-state index contributed by atoms with van der Waals surface area (Å²) in [5.41, 5.74) is 3.05. The van der Waals surface area contributed by atoms with Gasteiger partial charge < -0.3 is 10.1 Å². The number of para-hydroxylation sites is 2. The normalized spacial score (nSPS) is 14.9. The third kappa shape index (κ3) is 5.57. The van der Waals surface area contributed by atoms with Crippen molar-refractivity contribution in [3.8, 4) is 5.75 Å². The van der Waals surface area contributed by atoms with Gasteiger partial charge in [0.05, 0.1) is 0 Å². The van der Waals surface area contributed by atoms with Crippen LogP contribution in [0, 0.1) is 6.92 Å². The maximum atomic E-state index is 12.4. The van der Waals surface area contributed by atoms with Gasteiger partial charge >= 0.3 is 0 Å². The molecule has 0 atom stereocenters. The predicted molar refractivity (Wildman–Crippen MR) is 110 cm³/mol. The van der Waals surface area contributed by atoms with Gasteiger partial charge in [-0.25, -0.2) is 0 Å². The fourth-order valence-electron chi connectivity index (χ4n) is 3.75. The molecule has 27 heavy (non-hydrogen) atoms. The number of hydrogen-bond acceptors (Lipinski definition) is 3. The molecule has 0 saturated heterocycles. The monoisotopic (exact) mass is 366 g/mol. The number of anilines is 1. The molecule has 0 bridgehead atoms. The molecule has 0 radical (unpaired) electrons. The van der Waals surface area contributed by atoms with Gasteiger partial charge in [0, 0.05) is 18.3 Å². The Morgan fingerprint density at radius 1 is 1.07 bits per heavy atom. The number of benzene rings is 2. The number of amides is 1. The number of carbonyl (C=O) groups is 1. The molecule has 1 fully saturated rings. The van der Waals surface area contributed by atoms with E-state index in [-0.39, 0.29) is 12.5 Å². The summed E-state index contributed by atoms with van der Waals surface area (Å²) in [5.74, 6) is 0.615. The van der Waals surface area contributed by atoms with E-state index in [1.807, 2.05) is 49.4 Å². The Kier molecular flexibility index (Phi) is 6.88. The van der Waals surface area contributed by atoms with Crippen LogP contribution in [0.3, 0.4) is 0 Å². The number of hydrogen-bond donors (Lipinski definition) is 1. The lowest BCUT2D eigenvalue weighted by molar-refractivity contribution is -0.118. The summed E-state index contributed by atoms with van der Waals surface area (Å²) in [7, 11) is 2.19. The molecule has 0 unspecified atom stereocenters. The minimum absolute atomic E-state index is 0.0116. The molecule has 1 aliphatic carbocycles. The van der Waals surface area contributed by atoms with Crippen LogP contribution < -0.4 is 10.1 Å². The van der Waals surface area contributed by atoms with E-state index in [1.165, 1.54) is 32.1 Å². The largest absolute Gasteiger partial charge is 0.483 e. The second-order valence-electron chi connectivity index (χ2n) is 7.47. The molecule has 1 aliphatic rings. The van der Waals surface area contributed by atoms with E-state index < -0.39 is 0 Å². The molecule has 2 aromatic rings. The summed E-state index contributed by atoms with van der Waals surface area (Å²) in [6, 6.07) is 16.4. The van der Waals surface area contributed by atoms with Crippen molar-refractivity contribution in [2.75, 3.05) is 19.0 Å². The Morgan fingerprint density at radius 2 is 1.78 bits per heavy atom. The molecular formula is C23H30N2O2. The van der Waals surface area contributed by atoms with Gasteiger partial charge in [-0.05, 0) is 50.1 Å². The van der Waals surface area contributed by atoms with Crippen LogP contribution in [0.15, 0.2) is 48.5 Å². The number of nitrogens with zero attached hydrogens (tertiary/aromatic N) is 1. The lowest BCUT2D eigenvalue weighted by atomic mass is 9.94. The van der Waals surface area contributed by atoms with Crippen molar-refractivity contribution in [2.45, 2.75) is 51.6 Å². The van der Waals surface area contributed by atoms with E-state index >= 15 is 0 Å². The molecule has 0 aliphatic heterocycles. The average molecular weight is 367 g/mol. The first-order valence-electron chi connectivity index (χ1n) is 9.90. The van der Waals surface area contributed by atoms with Crippen molar-refractivity contribution < 1.29 is 9.53 Å². The molecule has 4 nitrogen and oxygen atoms in total. The number of rotatable bonds is 7. The summed E-state index contributed by atoms with van der Waals surface area (Å²) >= 11 is 0. The third-order valence-electron chi connectivity index (χ3n) is 5.36. The second-order valence-corrected chi connectivity index (χ2v) is 7.47. The van der Waals surface area contributed by atoms with Crippen LogP contribution in [-0.4, -0.2) is 30.5 Å². The Morgan fingerprint density at radius 3 is 2.56 bits per heavy atom. The van der Waals surface area contributed by atoms with E-state index in [1.54, 1.807) is 0 Å². The van der Waals surface area contributed by atoms with Crippen LogP contribution in [0.25, 0.3) is 0 Å². The van der Waals surface area contributed by atoms with Gasteiger partial charge in [0.15, 0.2) is 6.61 Å². The molecule has 3 rings (SSSR count). The lowest BCUT2D eigenvalue weighted by Crippen LogP contribution is -2.33. The van der Waals surface area contributed by atoms with Crippen molar-refractivity contribution in [3.63, 3.8) is 0 Å². The van der Waals surface area contributed by atoms with E-state index in [0.29, 0.717) is 6.04 Å². The fourth-order valence-corrected chi connectivity index (χ4v) is 3.75. The van der Waals surface area contributed by atoms with Crippen LogP contribution >= 0.6 is 0 Å². The maximum absolute atomic E-state index is 12.4. The number of ether oxygens (including phenoxy) is 1. The van der Waals surface area contributed by atoms with Gasteiger partial charge in [0.25, 0.3) is 5.91 Å². The van der Waals surface area contributed by atoms with E-state index in [2.05, 4.69) is 23.3 Å². The van der Waals surface area contributed by atoms with Gasteiger partial charge in [0.2, 0.25) is 0 Å². The first-order chi connectivity index (χ1) is 13.1. The zero-order valence-corrected chi connectivity index (χ0v) is 16.4. The molecule has 2 aromatic carbocycles. The number of aryl methyl sites for hydroxylation is 1. The van der Waals surface area contributed by atoms with Gasteiger partial charge in [-0.2, -0.15) is 0 Å². The highest BCUT2D eigenvalue weighted by Gasteiger charge is 2.19. The van der Waals surface area contributed by atoms with Crippen molar-refractivity contribution in [3.05, 3.63) is 59.7 Å². The summed E-state index contributed by atoms with van der Waals surface area (Å²) in [6.45, 7) is 2.83. The summed E-state index contributed by atoms with van der Waals surface area (Å²) < 4.78 is 5.66. The van der Waals surface area contributed by atoms with Crippen molar-refractivity contribution in [2.24, 2.45) is 0 Å². The predicted octanol–water partition coefficient (Wildman–Crippen LogP) is 4.78. The minimum atomic E-state index is -0.133. The molecular weight excluding hydrogens is 336 g/mol. The molecule has 144 valence electrons. The van der Waals surface area contributed by atoms with Gasteiger partial charge in [-0.1, -0.05) is 55.7 Å². The summed E-state index contributed by atoms with van der Waals surface area (Å²) in [5, 5.41) is 3.02. The van der Waals surface area contributed by atoms with E-state index in [4.69, 9.17) is 4.74 Å². The molecule has 1 N–H and O–H groups in total. The Labute approximate surface area is 162 Å². The van der Waals surface area contributed by atoms with Crippen LogP contribution in [0.5, 0.6) is 5.75 Å². The Balaban J connectivity index is 1.58. The van der Waals surface area contributed by atoms with Crippen LogP contribution in [-0.2, 0) is 11.3 Å². The van der Waals surface area contributed by atoms with Crippen LogP contribution in [0.4, 0.5) is 5.69 Å². The molecule has 1 amide bonds. The third-order valence-corrected chi connectivity index (χ3v) is 5.36. The average Bonchev–Trinajstić information content (AvgIpc) is 2.69. The smallest absolute Gasteiger partial charge is 0.262 e.